The molecule has 0 saturated heterocycles. The lowest BCUT2D eigenvalue weighted by atomic mass is 10.0. The van der Waals surface area contributed by atoms with Crippen molar-refractivity contribution in [2.75, 3.05) is 0 Å². The van der Waals surface area contributed by atoms with E-state index in [4.69, 9.17) is 0 Å². The molecule has 1 atom stereocenters. The van der Waals surface area contributed by atoms with Crippen molar-refractivity contribution < 1.29 is 9.59 Å². The first-order valence-electron chi connectivity index (χ1n) is 4.30. The molecule has 0 heterocycles. The van der Waals surface area contributed by atoms with Crippen molar-refractivity contribution in [1.29, 1.82) is 0 Å². The predicted octanol–water partition coefficient (Wildman–Crippen LogP) is 2.77. The van der Waals surface area contributed by atoms with Crippen LogP contribution < -0.4 is 0 Å². The smallest absolute Gasteiger partial charge is 0.176 e. The van der Waals surface area contributed by atoms with Crippen LogP contribution in [0.4, 0.5) is 0 Å². The second-order valence-corrected chi connectivity index (χ2v) is 4.55. The van der Waals surface area contributed by atoms with Gasteiger partial charge in [-0.2, -0.15) is 0 Å². The number of aldehydes is 1. The van der Waals surface area contributed by atoms with Gasteiger partial charge in [-0.25, -0.2) is 0 Å². The monoisotopic (exact) mass is 254 g/mol. The molecule has 0 bridgehead atoms. The molecular weight excluding hydrogens is 244 g/mol. The molecule has 0 radical (unpaired) electrons. The maximum absolute atomic E-state index is 11.7. The van der Waals surface area contributed by atoms with Crippen LogP contribution in [-0.2, 0) is 0 Å². The fraction of sp³-hybridized carbons (Fsp3) is 0.273. The molecule has 1 unspecified atom stereocenters. The Balaban J connectivity index is 3.18. The summed E-state index contributed by atoms with van der Waals surface area (Å²) in [7, 11) is 0. The van der Waals surface area contributed by atoms with Crippen LogP contribution in [0.2, 0.25) is 0 Å². The normalized spacial score (nSPS) is 12.2. The van der Waals surface area contributed by atoms with E-state index in [0.29, 0.717) is 11.1 Å². The molecule has 0 aromatic heterocycles. The molecule has 0 amide bonds. The van der Waals surface area contributed by atoms with Crippen LogP contribution in [0.3, 0.4) is 0 Å². The second kappa shape index (κ2) is 4.51. The van der Waals surface area contributed by atoms with Crippen LogP contribution in [0.1, 0.15) is 33.2 Å². The lowest BCUT2D eigenvalue weighted by Gasteiger charge is -2.06. The minimum atomic E-state index is -0.219. The molecule has 0 aliphatic rings. The van der Waals surface area contributed by atoms with Crippen molar-refractivity contribution in [3.63, 3.8) is 0 Å². The molecule has 2 nitrogen and oxygen atoms in total. The molecule has 0 N–H and O–H groups in total. The van der Waals surface area contributed by atoms with Crippen LogP contribution >= 0.6 is 15.9 Å². The highest BCUT2D eigenvalue weighted by Crippen LogP contribution is 2.15. The predicted molar refractivity (Wildman–Crippen MR) is 59.3 cm³/mol. The third-order valence-electron chi connectivity index (χ3n) is 2.02. The third kappa shape index (κ3) is 2.29. The van der Waals surface area contributed by atoms with Gasteiger partial charge in [0.2, 0.25) is 0 Å². The summed E-state index contributed by atoms with van der Waals surface area (Å²) in [5.41, 5.74) is 2.04. The second-order valence-electron chi connectivity index (χ2n) is 3.17. The van der Waals surface area contributed by atoms with E-state index < -0.39 is 0 Å². The fourth-order valence-corrected chi connectivity index (χ4v) is 1.44. The first-order valence-corrected chi connectivity index (χ1v) is 5.22. The number of carbonyl (C=O) groups excluding carboxylic acids is 2. The molecular formula is C11H11BrO2. The maximum atomic E-state index is 11.7. The van der Waals surface area contributed by atoms with Crippen molar-refractivity contribution in [1.82, 2.24) is 0 Å². The Labute approximate surface area is 91.4 Å². The summed E-state index contributed by atoms with van der Waals surface area (Å²) in [6.45, 7) is 3.63. The fourth-order valence-electron chi connectivity index (χ4n) is 1.19. The highest BCUT2D eigenvalue weighted by Gasteiger charge is 2.14. The van der Waals surface area contributed by atoms with Crippen molar-refractivity contribution in [2.45, 2.75) is 18.7 Å². The first-order chi connectivity index (χ1) is 6.56. The molecule has 3 heteroatoms. The summed E-state index contributed by atoms with van der Waals surface area (Å²) in [4.78, 5) is 22.0. The zero-order valence-corrected chi connectivity index (χ0v) is 9.67. The Morgan fingerprint density at radius 2 is 2.14 bits per heavy atom. The van der Waals surface area contributed by atoms with Crippen LogP contribution in [0, 0.1) is 6.92 Å². The molecule has 1 aromatic carbocycles. The number of hydrogen-bond donors (Lipinski definition) is 0. The van der Waals surface area contributed by atoms with E-state index in [-0.39, 0.29) is 10.6 Å². The summed E-state index contributed by atoms with van der Waals surface area (Å²) < 4.78 is 0. The van der Waals surface area contributed by atoms with Gasteiger partial charge in [0, 0.05) is 11.1 Å². The van der Waals surface area contributed by atoms with E-state index in [2.05, 4.69) is 15.9 Å². The average Bonchev–Trinajstić information content (AvgIpc) is 2.17. The number of hydrogen-bond acceptors (Lipinski definition) is 2. The Bertz CT molecular complexity index is 370. The number of halogens is 1. The SMILES string of the molecule is Cc1ccc(C=O)cc1C(=O)C(C)Br. The largest absolute Gasteiger partial charge is 0.298 e. The Morgan fingerprint density at radius 1 is 1.50 bits per heavy atom. The maximum Gasteiger partial charge on any atom is 0.176 e. The molecule has 74 valence electrons. The molecule has 14 heavy (non-hydrogen) atoms. The molecule has 1 aromatic rings. The van der Waals surface area contributed by atoms with Gasteiger partial charge >= 0.3 is 0 Å². The van der Waals surface area contributed by atoms with Crippen LogP contribution in [0.15, 0.2) is 18.2 Å². The summed E-state index contributed by atoms with van der Waals surface area (Å²) in [5.74, 6) is 0.00574. The molecule has 0 spiro atoms. The van der Waals surface area contributed by atoms with Crippen LogP contribution in [0.25, 0.3) is 0 Å². The van der Waals surface area contributed by atoms with Gasteiger partial charge < -0.3 is 0 Å². The molecule has 0 aliphatic heterocycles. The molecule has 0 aliphatic carbocycles. The lowest BCUT2D eigenvalue weighted by molar-refractivity contribution is 0.0995. The van der Waals surface area contributed by atoms with E-state index in [0.717, 1.165) is 11.8 Å². The van der Waals surface area contributed by atoms with E-state index in [9.17, 15) is 9.59 Å². The van der Waals surface area contributed by atoms with E-state index in [1.807, 2.05) is 6.92 Å². The van der Waals surface area contributed by atoms with Crippen LogP contribution in [-0.4, -0.2) is 16.9 Å². The molecule has 0 saturated carbocycles. The number of alkyl halides is 1. The summed E-state index contributed by atoms with van der Waals surface area (Å²) in [6.07, 6.45) is 0.745. The van der Waals surface area contributed by atoms with Crippen molar-refractivity contribution >= 4 is 28.0 Å². The van der Waals surface area contributed by atoms with Gasteiger partial charge in [0.25, 0.3) is 0 Å². The minimum absolute atomic E-state index is 0.00574. The van der Waals surface area contributed by atoms with Gasteiger partial charge in [-0.15, -0.1) is 0 Å². The molecule has 1 rings (SSSR count). The molecule has 0 fully saturated rings. The highest BCUT2D eigenvalue weighted by atomic mass is 79.9. The van der Waals surface area contributed by atoms with Gasteiger partial charge in [0.05, 0.1) is 4.83 Å². The summed E-state index contributed by atoms with van der Waals surface area (Å²) in [5, 5.41) is 0. The number of benzene rings is 1. The number of rotatable bonds is 3. The number of carbonyl (C=O) groups is 2. The van der Waals surface area contributed by atoms with Gasteiger partial charge in [0.15, 0.2) is 5.78 Å². The Hall–Kier alpha value is -0.960. The zero-order chi connectivity index (χ0) is 10.7. The number of ketones is 1. The quantitative estimate of drug-likeness (QED) is 0.472. The summed E-state index contributed by atoms with van der Waals surface area (Å²) >= 11 is 3.22. The van der Waals surface area contributed by atoms with Crippen molar-refractivity contribution in [3.05, 3.63) is 34.9 Å². The third-order valence-corrected chi connectivity index (χ3v) is 2.44. The van der Waals surface area contributed by atoms with E-state index >= 15 is 0 Å². The van der Waals surface area contributed by atoms with Crippen LogP contribution in [0.5, 0.6) is 0 Å². The van der Waals surface area contributed by atoms with Crippen molar-refractivity contribution in [2.24, 2.45) is 0 Å². The number of aryl methyl sites for hydroxylation is 1. The Kier molecular flexibility index (Phi) is 3.58. The number of Topliss-reactive ketones (excluding diaryl/α,β-unsaturated/α-hetero) is 1. The van der Waals surface area contributed by atoms with Gasteiger partial charge in [-0.3, -0.25) is 9.59 Å². The summed E-state index contributed by atoms with van der Waals surface area (Å²) in [6, 6.07) is 5.12. The van der Waals surface area contributed by atoms with Gasteiger partial charge in [-0.1, -0.05) is 28.1 Å². The van der Waals surface area contributed by atoms with Gasteiger partial charge in [0.1, 0.15) is 6.29 Å². The first kappa shape index (κ1) is 11.1. The minimum Gasteiger partial charge on any atom is -0.298 e. The zero-order valence-electron chi connectivity index (χ0n) is 8.08. The average molecular weight is 255 g/mol. The topological polar surface area (TPSA) is 34.1 Å². The van der Waals surface area contributed by atoms with E-state index in [1.54, 1.807) is 25.1 Å². The van der Waals surface area contributed by atoms with E-state index in [1.165, 1.54) is 0 Å². The standard InChI is InChI=1S/C11H11BrO2/c1-7-3-4-9(6-13)5-10(7)11(14)8(2)12/h3-6,8H,1-2H3. The van der Waals surface area contributed by atoms with Gasteiger partial charge in [-0.05, 0) is 25.5 Å². The lowest BCUT2D eigenvalue weighted by Crippen LogP contribution is -2.11. The van der Waals surface area contributed by atoms with Crippen molar-refractivity contribution in [3.8, 4) is 0 Å². The Morgan fingerprint density at radius 3 is 2.64 bits per heavy atom. The highest BCUT2D eigenvalue weighted by molar-refractivity contribution is 9.10.